The summed E-state index contributed by atoms with van der Waals surface area (Å²) in [6.07, 6.45) is 2.16. The van der Waals surface area contributed by atoms with E-state index < -0.39 is 0 Å². The predicted octanol–water partition coefficient (Wildman–Crippen LogP) is 2.47. The molecule has 2 unspecified atom stereocenters. The van der Waals surface area contributed by atoms with Gasteiger partial charge in [-0.15, -0.1) is 0 Å². The first-order valence-corrected chi connectivity index (χ1v) is 14.1. The van der Waals surface area contributed by atoms with Crippen molar-refractivity contribution in [3.63, 3.8) is 0 Å². The molecule has 2 atom stereocenters. The molecule has 0 bridgehead atoms. The number of pyridine rings is 2. The molecule has 10 heteroatoms. The number of piperazine rings is 1. The summed E-state index contributed by atoms with van der Waals surface area (Å²) in [4.78, 5) is 18.5. The van der Waals surface area contributed by atoms with Gasteiger partial charge in [-0.3, -0.25) is 4.90 Å². The standard InChI is InChI=1S/C30H38N8O2/c1-20-12-27(38-18-30(3,32)19-38)33-14-26(20)36-10-8-35(9-11-36)16-23-17-37(15-21(2)40-23)25-6-4-22(13-31)29-24(25)5-7-28(39)34-29/h4-7,12,14,21,23H,8-11,15-19,32H2,1-3H3,(H,34,39). The Labute approximate surface area is 235 Å². The molecule has 3 fully saturated rings. The summed E-state index contributed by atoms with van der Waals surface area (Å²) in [6, 6.07) is 11.6. The number of anilines is 3. The molecule has 0 amide bonds. The number of aromatic hydroxyl groups is 1. The van der Waals surface area contributed by atoms with Crippen molar-refractivity contribution in [2.75, 3.05) is 73.6 Å². The van der Waals surface area contributed by atoms with Crippen LogP contribution in [0.15, 0.2) is 36.5 Å². The maximum atomic E-state index is 9.92. The lowest BCUT2D eigenvalue weighted by Gasteiger charge is -2.46. The van der Waals surface area contributed by atoms with Crippen molar-refractivity contribution in [1.82, 2.24) is 14.9 Å². The van der Waals surface area contributed by atoms with E-state index in [-0.39, 0.29) is 23.6 Å². The van der Waals surface area contributed by atoms with E-state index in [0.29, 0.717) is 11.1 Å². The number of ether oxygens (including phenoxy) is 1. The Morgan fingerprint density at radius 3 is 2.55 bits per heavy atom. The van der Waals surface area contributed by atoms with Crippen molar-refractivity contribution in [3.05, 3.63) is 47.7 Å². The number of nitrogens with zero attached hydrogens (tertiary/aromatic N) is 7. The van der Waals surface area contributed by atoms with Gasteiger partial charge in [0.05, 0.1) is 35.2 Å². The molecule has 10 nitrogen and oxygen atoms in total. The van der Waals surface area contributed by atoms with Crippen molar-refractivity contribution in [1.29, 1.82) is 5.26 Å². The molecule has 3 saturated heterocycles. The Hall–Kier alpha value is -3.65. The minimum absolute atomic E-state index is 0.0681. The normalized spacial score (nSPS) is 23.2. The third-order valence-corrected chi connectivity index (χ3v) is 8.28. The Morgan fingerprint density at radius 2 is 1.85 bits per heavy atom. The average molecular weight is 543 g/mol. The number of rotatable bonds is 5. The number of nitrogens with two attached hydrogens (primary N) is 1. The fraction of sp³-hybridized carbons (Fsp3) is 0.500. The van der Waals surface area contributed by atoms with Crippen LogP contribution >= 0.6 is 0 Å². The van der Waals surface area contributed by atoms with Gasteiger partial charge in [0.15, 0.2) is 0 Å². The second-order valence-corrected chi connectivity index (χ2v) is 11.9. The summed E-state index contributed by atoms with van der Waals surface area (Å²) in [5.41, 5.74) is 10.5. The van der Waals surface area contributed by atoms with Crippen LogP contribution in [0.25, 0.3) is 10.9 Å². The van der Waals surface area contributed by atoms with E-state index in [0.717, 1.165) is 75.8 Å². The molecule has 3 aliphatic heterocycles. The summed E-state index contributed by atoms with van der Waals surface area (Å²) in [5, 5.41) is 20.3. The highest BCUT2D eigenvalue weighted by Gasteiger charge is 2.36. The quantitative estimate of drug-likeness (QED) is 0.498. The van der Waals surface area contributed by atoms with E-state index in [1.807, 2.05) is 18.3 Å². The van der Waals surface area contributed by atoms with Crippen LogP contribution in [0.3, 0.4) is 0 Å². The van der Waals surface area contributed by atoms with Crippen molar-refractivity contribution in [3.8, 4) is 11.9 Å². The van der Waals surface area contributed by atoms with E-state index in [1.165, 1.54) is 11.3 Å². The second-order valence-electron chi connectivity index (χ2n) is 11.9. The zero-order chi connectivity index (χ0) is 28.0. The van der Waals surface area contributed by atoms with Crippen LogP contribution in [0.4, 0.5) is 17.2 Å². The maximum absolute atomic E-state index is 9.92. The molecule has 3 N–H and O–H groups in total. The first-order chi connectivity index (χ1) is 19.2. The Bertz CT molecular complexity index is 1440. The third kappa shape index (κ3) is 5.24. The molecule has 1 aromatic carbocycles. The van der Waals surface area contributed by atoms with Crippen LogP contribution in [0.5, 0.6) is 5.88 Å². The van der Waals surface area contributed by atoms with E-state index in [4.69, 9.17) is 15.5 Å². The molecule has 0 saturated carbocycles. The van der Waals surface area contributed by atoms with Crippen LogP contribution < -0.4 is 20.4 Å². The highest BCUT2D eigenvalue weighted by atomic mass is 16.5. The summed E-state index contributed by atoms with van der Waals surface area (Å²) in [7, 11) is 0. The van der Waals surface area contributed by atoms with E-state index in [2.05, 4.69) is 57.5 Å². The molecule has 0 aliphatic carbocycles. The van der Waals surface area contributed by atoms with E-state index in [1.54, 1.807) is 12.1 Å². The Kier molecular flexibility index (Phi) is 6.90. The van der Waals surface area contributed by atoms with Gasteiger partial charge in [0.2, 0.25) is 5.88 Å². The van der Waals surface area contributed by atoms with Crippen LogP contribution in [0, 0.1) is 18.3 Å². The number of hydrogen-bond donors (Lipinski definition) is 2. The summed E-state index contributed by atoms with van der Waals surface area (Å²) < 4.78 is 6.39. The fourth-order valence-corrected chi connectivity index (χ4v) is 6.39. The van der Waals surface area contributed by atoms with Crippen LogP contribution in [0.2, 0.25) is 0 Å². The van der Waals surface area contributed by atoms with E-state index >= 15 is 0 Å². The lowest BCUT2D eigenvalue weighted by atomic mass is 9.94. The number of morpholine rings is 1. The summed E-state index contributed by atoms with van der Waals surface area (Å²) in [6.45, 7) is 14.3. The van der Waals surface area contributed by atoms with Crippen LogP contribution in [-0.4, -0.2) is 96.6 Å². The first-order valence-electron chi connectivity index (χ1n) is 14.1. The van der Waals surface area contributed by atoms with Crippen molar-refractivity contribution in [2.24, 2.45) is 5.73 Å². The first kappa shape index (κ1) is 26.6. The molecule has 3 aromatic rings. The Morgan fingerprint density at radius 1 is 1.07 bits per heavy atom. The zero-order valence-electron chi connectivity index (χ0n) is 23.5. The highest BCUT2D eigenvalue weighted by molar-refractivity contribution is 5.95. The lowest BCUT2D eigenvalue weighted by Crippen LogP contribution is -2.65. The molecular formula is C30H38N8O2. The SMILES string of the molecule is Cc1cc(N2CC(C)(N)C2)ncc1N1CCN(CC2CN(c3ccc(C#N)c4nc(O)ccc34)CC(C)O2)CC1. The molecular weight excluding hydrogens is 504 g/mol. The number of aromatic nitrogens is 2. The van der Waals surface area contributed by atoms with Gasteiger partial charge >= 0.3 is 0 Å². The van der Waals surface area contributed by atoms with E-state index in [9.17, 15) is 10.4 Å². The van der Waals surface area contributed by atoms with Crippen molar-refractivity contribution >= 4 is 28.1 Å². The number of benzene rings is 1. The summed E-state index contributed by atoms with van der Waals surface area (Å²) >= 11 is 0. The smallest absolute Gasteiger partial charge is 0.211 e. The molecule has 0 radical (unpaired) electrons. The fourth-order valence-electron chi connectivity index (χ4n) is 6.39. The molecule has 40 heavy (non-hydrogen) atoms. The van der Waals surface area contributed by atoms with Gasteiger partial charge in [0.25, 0.3) is 0 Å². The predicted molar refractivity (Wildman–Crippen MR) is 157 cm³/mol. The van der Waals surface area contributed by atoms with Gasteiger partial charge in [0, 0.05) is 81.6 Å². The number of nitriles is 1. The second kappa shape index (κ2) is 10.4. The molecule has 0 spiro atoms. The average Bonchev–Trinajstić information content (AvgIpc) is 2.91. The Balaban J connectivity index is 1.09. The van der Waals surface area contributed by atoms with Crippen LogP contribution in [0.1, 0.15) is 25.0 Å². The molecule has 3 aliphatic rings. The van der Waals surface area contributed by atoms with Gasteiger partial charge < -0.3 is 30.3 Å². The topological polar surface area (TPSA) is 118 Å². The highest BCUT2D eigenvalue weighted by Crippen LogP contribution is 2.32. The largest absolute Gasteiger partial charge is 0.493 e. The number of fused-ring (bicyclic) bond motifs is 1. The molecule has 6 rings (SSSR count). The minimum Gasteiger partial charge on any atom is -0.493 e. The molecule has 5 heterocycles. The monoisotopic (exact) mass is 542 g/mol. The summed E-state index contributed by atoms with van der Waals surface area (Å²) in [5.74, 6) is 0.935. The minimum atomic E-state index is -0.113. The zero-order valence-corrected chi connectivity index (χ0v) is 23.5. The van der Waals surface area contributed by atoms with Gasteiger partial charge in [-0.05, 0) is 50.6 Å². The molecule has 2 aromatic heterocycles. The lowest BCUT2D eigenvalue weighted by molar-refractivity contribution is -0.0327. The van der Waals surface area contributed by atoms with Gasteiger partial charge in [-0.1, -0.05) is 0 Å². The third-order valence-electron chi connectivity index (χ3n) is 8.28. The van der Waals surface area contributed by atoms with Gasteiger partial charge in [0.1, 0.15) is 11.9 Å². The molecule has 210 valence electrons. The van der Waals surface area contributed by atoms with Gasteiger partial charge in [-0.2, -0.15) is 5.26 Å². The number of aryl methyl sites for hydroxylation is 1. The van der Waals surface area contributed by atoms with Crippen molar-refractivity contribution < 1.29 is 9.84 Å². The van der Waals surface area contributed by atoms with Gasteiger partial charge in [-0.25, -0.2) is 9.97 Å². The van der Waals surface area contributed by atoms with Crippen molar-refractivity contribution in [2.45, 2.75) is 38.5 Å². The maximum Gasteiger partial charge on any atom is 0.211 e. The van der Waals surface area contributed by atoms with Crippen LogP contribution in [-0.2, 0) is 4.74 Å². The number of hydrogen-bond acceptors (Lipinski definition) is 10.